The first kappa shape index (κ1) is 25.2. The van der Waals surface area contributed by atoms with E-state index in [1.807, 2.05) is 6.92 Å². The number of fused-ring (bicyclic) bond motifs is 1. The molecule has 0 saturated carbocycles. The number of rotatable bonds is 9. The SMILES string of the molecule is C=Nc1cc(OCCCN2CCC3(COC3)C2)c(OC)cc1/C(=N\C)Oc1ccc2[nH]c(C)cc2c1F. The van der Waals surface area contributed by atoms with E-state index in [-0.39, 0.29) is 11.6 Å². The number of likely N-dealkylation sites (tertiary alicyclic amines) is 1. The molecule has 0 amide bonds. The highest BCUT2D eigenvalue weighted by Gasteiger charge is 2.43. The average Bonchev–Trinajstić information content (AvgIpc) is 3.50. The predicted molar refractivity (Wildman–Crippen MR) is 143 cm³/mol. The molecule has 2 fully saturated rings. The maximum absolute atomic E-state index is 15.1. The molecule has 8 nitrogen and oxygen atoms in total. The van der Waals surface area contributed by atoms with Crippen LogP contribution >= 0.6 is 0 Å². The Bertz CT molecular complexity index is 1330. The number of H-pyrrole nitrogens is 1. The number of halogens is 1. The van der Waals surface area contributed by atoms with E-state index in [9.17, 15) is 0 Å². The number of aromatic amines is 1. The molecule has 37 heavy (non-hydrogen) atoms. The van der Waals surface area contributed by atoms with Crippen LogP contribution in [-0.4, -0.2) is 76.1 Å². The van der Waals surface area contributed by atoms with Crippen molar-refractivity contribution in [3.05, 3.63) is 47.4 Å². The first-order valence-corrected chi connectivity index (χ1v) is 12.5. The summed E-state index contributed by atoms with van der Waals surface area (Å²) < 4.78 is 38.2. The number of aliphatic imine (C=N–C) groups is 2. The highest BCUT2D eigenvalue weighted by Crippen LogP contribution is 2.38. The lowest BCUT2D eigenvalue weighted by Gasteiger charge is -2.37. The Morgan fingerprint density at radius 2 is 2.05 bits per heavy atom. The first-order valence-electron chi connectivity index (χ1n) is 12.5. The summed E-state index contributed by atoms with van der Waals surface area (Å²) in [5, 5.41) is 0.457. The van der Waals surface area contributed by atoms with Crippen LogP contribution in [-0.2, 0) is 4.74 Å². The summed E-state index contributed by atoms with van der Waals surface area (Å²) in [6.07, 6.45) is 2.10. The van der Waals surface area contributed by atoms with Crippen molar-refractivity contribution in [2.75, 3.05) is 53.6 Å². The largest absolute Gasteiger partial charge is 0.493 e. The van der Waals surface area contributed by atoms with E-state index >= 15 is 4.39 Å². The van der Waals surface area contributed by atoms with Crippen LogP contribution in [0.5, 0.6) is 17.2 Å². The van der Waals surface area contributed by atoms with E-state index < -0.39 is 5.82 Å². The molecular formula is C28H33FN4O4. The Morgan fingerprint density at radius 1 is 1.22 bits per heavy atom. The molecule has 0 unspecified atom stereocenters. The number of nitrogens with zero attached hydrogens (tertiary/aromatic N) is 3. The fraction of sp³-hybridized carbons (Fsp3) is 0.429. The standard InChI is InChI=1S/C28H33FN4O4/c1-18-12-19-21(32-18)6-7-23(26(19)29)37-27(31-3)20-13-24(34-4)25(14-22(20)30-2)36-11-5-9-33-10-8-28(15-33)16-35-17-28/h6-7,12-14,32H,2,5,8-11,15-17H2,1,3-4H3/b31-27+. The van der Waals surface area contributed by atoms with Gasteiger partial charge in [-0.2, -0.15) is 0 Å². The van der Waals surface area contributed by atoms with Gasteiger partial charge in [0.1, 0.15) is 0 Å². The molecule has 2 aliphatic rings. The Hall–Kier alpha value is -3.43. The van der Waals surface area contributed by atoms with Gasteiger partial charge in [-0.1, -0.05) is 0 Å². The van der Waals surface area contributed by atoms with Crippen LogP contribution < -0.4 is 14.2 Å². The van der Waals surface area contributed by atoms with Crippen LogP contribution in [0, 0.1) is 18.2 Å². The van der Waals surface area contributed by atoms with Crippen molar-refractivity contribution in [1.82, 2.24) is 9.88 Å². The minimum absolute atomic E-state index is 0.0681. The van der Waals surface area contributed by atoms with E-state index in [0.29, 0.717) is 45.7 Å². The van der Waals surface area contributed by atoms with Crippen LogP contribution in [0.15, 0.2) is 40.3 Å². The van der Waals surface area contributed by atoms with Gasteiger partial charge >= 0.3 is 0 Å². The van der Waals surface area contributed by atoms with E-state index in [0.717, 1.165) is 45.0 Å². The molecule has 5 rings (SSSR count). The second-order valence-corrected chi connectivity index (χ2v) is 9.82. The minimum atomic E-state index is -0.461. The molecule has 196 valence electrons. The first-order chi connectivity index (χ1) is 17.9. The average molecular weight is 509 g/mol. The predicted octanol–water partition coefficient (Wildman–Crippen LogP) is 4.90. The van der Waals surface area contributed by atoms with Gasteiger partial charge < -0.3 is 28.8 Å². The molecular weight excluding hydrogens is 475 g/mol. The van der Waals surface area contributed by atoms with Crippen LogP contribution in [0.4, 0.5) is 10.1 Å². The summed E-state index contributed by atoms with van der Waals surface area (Å²) in [5.41, 5.74) is 2.99. The second-order valence-electron chi connectivity index (χ2n) is 9.82. The van der Waals surface area contributed by atoms with E-state index in [1.165, 1.54) is 6.42 Å². The Kier molecular flexibility index (Phi) is 7.17. The number of ether oxygens (including phenoxy) is 4. The summed E-state index contributed by atoms with van der Waals surface area (Å²) in [4.78, 5) is 14.0. The van der Waals surface area contributed by atoms with Crippen LogP contribution in [0.2, 0.25) is 0 Å². The van der Waals surface area contributed by atoms with Gasteiger partial charge in [0.05, 0.1) is 38.2 Å². The molecule has 1 N–H and O–H groups in total. The molecule has 2 aliphatic heterocycles. The van der Waals surface area contributed by atoms with Crippen LogP contribution in [0.1, 0.15) is 24.1 Å². The van der Waals surface area contributed by atoms with Crippen molar-refractivity contribution in [2.24, 2.45) is 15.4 Å². The maximum atomic E-state index is 15.1. The third kappa shape index (κ3) is 5.06. The zero-order valence-corrected chi connectivity index (χ0v) is 21.6. The van der Waals surface area contributed by atoms with E-state index in [4.69, 9.17) is 18.9 Å². The van der Waals surface area contributed by atoms with Crippen molar-refractivity contribution >= 4 is 29.2 Å². The highest BCUT2D eigenvalue weighted by atomic mass is 19.1. The lowest BCUT2D eigenvalue weighted by molar-refractivity contribution is -0.105. The number of hydrogen-bond donors (Lipinski definition) is 1. The summed E-state index contributed by atoms with van der Waals surface area (Å²) in [7, 11) is 3.15. The Morgan fingerprint density at radius 3 is 2.73 bits per heavy atom. The molecule has 0 radical (unpaired) electrons. The molecule has 3 heterocycles. The molecule has 0 bridgehead atoms. The monoisotopic (exact) mass is 508 g/mol. The molecule has 1 spiro atoms. The molecule has 2 aromatic carbocycles. The van der Waals surface area contributed by atoms with Crippen LogP contribution in [0.25, 0.3) is 10.9 Å². The quantitative estimate of drug-likeness (QED) is 0.253. The fourth-order valence-corrected chi connectivity index (χ4v) is 5.13. The summed E-state index contributed by atoms with van der Waals surface area (Å²) in [6.45, 7) is 11.1. The summed E-state index contributed by atoms with van der Waals surface area (Å²) >= 11 is 0. The Labute approximate surface area is 216 Å². The molecule has 1 aromatic heterocycles. The second kappa shape index (κ2) is 10.5. The number of aromatic nitrogens is 1. The fourth-order valence-electron chi connectivity index (χ4n) is 5.13. The third-order valence-corrected chi connectivity index (χ3v) is 7.14. The lowest BCUT2D eigenvalue weighted by atomic mass is 9.85. The van der Waals surface area contributed by atoms with Crippen molar-refractivity contribution < 1.29 is 23.3 Å². The van der Waals surface area contributed by atoms with Gasteiger partial charge in [-0.25, -0.2) is 4.39 Å². The number of aryl methyl sites for hydroxylation is 1. The summed E-state index contributed by atoms with van der Waals surface area (Å²) in [6, 6.07) is 8.59. The van der Waals surface area contributed by atoms with Crippen LogP contribution in [0.3, 0.4) is 0 Å². The molecule has 2 saturated heterocycles. The van der Waals surface area contributed by atoms with Crippen molar-refractivity contribution in [3.8, 4) is 17.2 Å². The number of methoxy groups -OCH3 is 1. The number of nitrogens with one attached hydrogen (secondary N) is 1. The zero-order valence-electron chi connectivity index (χ0n) is 21.6. The summed E-state index contributed by atoms with van der Waals surface area (Å²) in [5.74, 6) is 0.872. The van der Waals surface area contributed by atoms with Gasteiger partial charge in [0.25, 0.3) is 0 Å². The van der Waals surface area contributed by atoms with Crippen molar-refractivity contribution in [2.45, 2.75) is 19.8 Å². The normalized spacial score (nSPS) is 17.2. The van der Waals surface area contributed by atoms with Crippen molar-refractivity contribution in [1.29, 1.82) is 0 Å². The van der Waals surface area contributed by atoms with Gasteiger partial charge in [0.2, 0.25) is 5.90 Å². The highest BCUT2D eigenvalue weighted by molar-refractivity contribution is 6.01. The molecule has 9 heteroatoms. The molecule has 0 aliphatic carbocycles. The third-order valence-electron chi connectivity index (χ3n) is 7.14. The number of benzene rings is 2. The maximum Gasteiger partial charge on any atom is 0.224 e. The van der Waals surface area contributed by atoms with Gasteiger partial charge in [-0.3, -0.25) is 9.98 Å². The van der Waals surface area contributed by atoms with E-state index in [2.05, 4.69) is 26.6 Å². The topological polar surface area (TPSA) is 80.7 Å². The zero-order chi connectivity index (χ0) is 26.0. The van der Waals surface area contributed by atoms with Gasteiger partial charge in [0, 0.05) is 48.2 Å². The van der Waals surface area contributed by atoms with Crippen molar-refractivity contribution in [3.63, 3.8) is 0 Å². The lowest BCUT2D eigenvalue weighted by Crippen LogP contribution is -2.44. The van der Waals surface area contributed by atoms with Gasteiger partial charge in [-0.15, -0.1) is 0 Å². The smallest absolute Gasteiger partial charge is 0.224 e. The van der Waals surface area contributed by atoms with E-state index in [1.54, 1.807) is 44.5 Å². The molecule has 0 atom stereocenters. The molecule has 3 aromatic rings. The van der Waals surface area contributed by atoms with Gasteiger partial charge in [0.15, 0.2) is 23.1 Å². The minimum Gasteiger partial charge on any atom is -0.493 e. The Balaban J connectivity index is 1.28. The van der Waals surface area contributed by atoms with Gasteiger partial charge in [-0.05, 0) is 57.3 Å². The number of hydrogen-bond acceptors (Lipinski definition) is 7.